The van der Waals surface area contributed by atoms with Crippen LogP contribution in [0.25, 0.3) is 0 Å². The zero-order valence-corrected chi connectivity index (χ0v) is 19.7. The molecule has 0 aromatic heterocycles. The van der Waals surface area contributed by atoms with Crippen LogP contribution in [0.4, 0.5) is 5.69 Å². The van der Waals surface area contributed by atoms with E-state index in [1.165, 1.54) is 31.4 Å². The molecule has 0 aliphatic heterocycles. The number of ether oxygens (including phenoxy) is 1. The topological polar surface area (TPSA) is 92.8 Å². The van der Waals surface area contributed by atoms with Gasteiger partial charge in [-0.2, -0.15) is 4.31 Å². The zero-order valence-electron chi connectivity index (χ0n) is 18.1. The summed E-state index contributed by atoms with van der Waals surface area (Å²) >= 11 is 6.06. The highest BCUT2D eigenvalue weighted by atomic mass is 35.5. The van der Waals surface area contributed by atoms with Crippen LogP contribution in [-0.4, -0.2) is 38.3 Å². The molecular formula is C24H23ClN2O5S. The van der Waals surface area contributed by atoms with Gasteiger partial charge in [0.15, 0.2) is 0 Å². The molecule has 0 fully saturated rings. The van der Waals surface area contributed by atoms with E-state index in [2.05, 4.69) is 10.1 Å². The number of nitrogens with zero attached hydrogens (tertiary/aromatic N) is 1. The molecule has 172 valence electrons. The minimum absolute atomic E-state index is 0.0362. The summed E-state index contributed by atoms with van der Waals surface area (Å²) in [7, 11) is -2.69. The Labute approximate surface area is 198 Å². The molecule has 0 saturated carbocycles. The fourth-order valence-corrected chi connectivity index (χ4v) is 4.69. The second-order valence-corrected chi connectivity index (χ2v) is 9.71. The Kier molecular flexibility index (Phi) is 7.86. The number of sulfonamides is 1. The lowest BCUT2D eigenvalue weighted by molar-refractivity contribution is -0.116. The third-order valence-electron chi connectivity index (χ3n) is 4.82. The average molecular weight is 487 g/mol. The number of nitrogens with one attached hydrogen (secondary N) is 1. The monoisotopic (exact) mass is 486 g/mol. The van der Waals surface area contributed by atoms with Crippen molar-refractivity contribution in [3.63, 3.8) is 0 Å². The van der Waals surface area contributed by atoms with Gasteiger partial charge in [0.05, 0.1) is 24.1 Å². The highest BCUT2D eigenvalue weighted by Gasteiger charge is 2.27. The Morgan fingerprint density at radius 1 is 1.00 bits per heavy atom. The van der Waals surface area contributed by atoms with Gasteiger partial charge in [0.2, 0.25) is 15.9 Å². The maximum absolute atomic E-state index is 13.3. The van der Waals surface area contributed by atoms with Crippen molar-refractivity contribution in [3.05, 3.63) is 94.5 Å². The number of aryl methyl sites for hydroxylation is 1. The first-order chi connectivity index (χ1) is 15.7. The molecule has 3 aromatic carbocycles. The quantitative estimate of drug-likeness (QED) is 0.480. The van der Waals surface area contributed by atoms with Crippen molar-refractivity contribution in [1.29, 1.82) is 0 Å². The normalized spacial score (nSPS) is 11.3. The van der Waals surface area contributed by atoms with E-state index in [1.54, 1.807) is 48.5 Å². The summed E-state index contributed by atoms with van der Waals surface area (Å²) < 4.78 is 32.4. The standard InChI is InChI=1S/C24H23ClN2O5S/c1-17-6-12-22(13-7-17)33(30,31)27(15-18-4-3-5-20(25)14-18)16-23(28)26-21-10-8-19(9-11-21)24(29)32-2/h3-14H,15-16H2,1-2H3,(H,26,28). The van der Waals surface area contributed by atoms with E-state index in [9.17, 15) is 18.0 Å². The van der Waals surface area contributed by atoms with Crippen LogP contribution in [-0.2, 0) is 26.1 Å². The molecule has 3 rings (SSSR count). The number of benzene rings is 3. The SMILES string of the molecule is COC(=O)c1ccc(NC(=O)CN(Cc2cccc(Cl)c2)S(=O)(=O)c2ccc(C)cc2)cc1. The molecule has 1 amide bonds. The Bertz CT molecular complexity index is 1240. The van der Waals surface area contributed by atoms with Crippen LogP contribution in [0, 0.1) is 6.92 Å². The third-order valence-corrected chi connectivity index (χ3v) is 6.86. The lowest BCUT2D eigenvalue weighted by Gasteiger charge is -2.22. The minimum Gasteiger partial charge on any atom is -0.465 e. The average Bonchev–Trinajstić information content (AvgIpc) is 2.79. The van der Waals surface area contributed by atoms with Crippen molar-refractivity contribution in [2.45, 2.75) is 18.4 Å². The number of carbonyl (C=O) groups is 2. The Hall–Kier alpha value is -3.20. The number of esters is 1. The summed E-state index contributed by atoms with van der Waals surface area (Å²) in [5.41, 5.74) is 2.32. The van der Waals surface area contributed by atoms with Gasteiger partial charge in [-0.3, -0.25) is 4.79 Å². The molecule has 0 atom stereocenters. The number of hydrogen-bond donors (Lipinski definition) is 1. The van der Waals surface area contributed by atoms with E-state index in [4.69, 9.17) is 11.6 Å². The van der Waals surface area contributed by atoms with Gasteiger partial charge in [-0.05, 0) is 61.0 Å². The fraction of sp³-hybridized carbons (Fsp3) is 0.167. The third kappa shape index (κ3) is 6.41. The zero-order chi connectivity index (χ0) is 24.0. The van der Waals surface area contributed by atoms with Gasteiger partial charge < -0.3 is 10.1 Å². The Morgan fingerprint density at radius 2 is 1.67 bits per heavy atom. The number of halogens is 1. The van der Waals surface area contributed by atoms with Gasteiger partial charge >= 0.3 is 5.97 Å². The van der Waals surface area contributed by atoms with Crippen molar-refractivity contribution >= 4 is 39.2 Å². The molecule has 0 aliphatic rings. The maximum atomic E-state index is 13.3. The lowest BCUT2D eigenvalue weighted by Crippen LogP contribution is -2.37. The number of methoxy groups -OCH3 is 1. The molecule has 9 heteroatoms. The van der Waals surface area contributed by atoms with Crippen molar-refractivity contribution in [1.82, 2.24) is 4.31 Å². The molecular weight excluding hydrogens is 464 g/mol. The number of hydrogen-bond acceptors (Lipinski definition) is 5. The van der Waals surface area contributed by atoms with Crippen LogP contribution in [0.1, 0.15) is 21.5 Å². The van der Waals surface area contributed by atoms with E-state index in [1.807, 2.05) is 6.92 Å². The second kappa shape index (κ2) is 10.6. The summed E-state index contributed by atoms with van der Waals surface area (Å²) in [4.78, 5) is 24.4. The van der Waals surface area contributed by atoms with Crippen molar-refractivity contribution in [2.75, 3.05) is 19.0 Å². The first-order valence-electron chi connectivity index (χ1n) is 9.98. The second-order valence-electron chi connectivity index (χ2n) is 7.33. The molecule has 0 saturated heterocycles. The smallest absolute Gasteiger partial charge is 0.337 e. The first-order valence-corrected chi connectivity index (χ1v) is 11.8. The van der Waals surface area contributed by atoms with Crippen LogP contribution < -0.4 is 5.32 Å². The van der Waals surface area contributed by atoms with Crippen LogP contribution in [0.5, 0.6) is 0 Å². The molecule has 33 heavy (non-hydrogen) atoms. The predicted molar refractivity (Wildman–Crippen MR) is 127 cm³/mol. The van der Waals surface area contributed by atoms with Crippen molar-refractivity contribution in [3.8, 4) is 0 Å². The molecule has 0 heterocycles. The molecule has 3 aromatic rings. The summed E-state index contributed by atoms with van der Waals surface area (Å²) in [6.45, 7) is 1.41. The van der Waals surface area contributed by atoms with Crippen LogP contribution in [0.2, 0.25) is 5.02 Å². The predicted octanol–water partition coefficient (Wildman–Crippen LogP) is 4.26. The van der Waals surface area contributed by atoms with Gasteiger partial charge in [-0.25, -0.2) is 13.2 Å². The summed E-state index contributed by atoms with van der Waals surface area (Å²) in [5.74, 6) is -1.02. The van der Waals surface area contributed by atoms with Crippen molar-refractivity contribution < 1.29 is 22.7 Å². The Morgan fingerprint density at radius 3 is 2.27 bits per heavy atom. The van der Waals surface area contributed by atoms with E-state index in [0.29, 0.717) is 21.8 Å². The Balaban J connectivity index is 1.83. The van der Waals surface area contributed by atoms with E-state index < -0.39 is 28.4 Å². The van der Waals surface area contributed by atoms with E-state index >= 15 is 0 Å². The fourth-order valence-electron chi connectivity index (χ4n) is 3.09. The maximum Gasteiger partial charge on any atom is 0.337 e. The molecule has 0 spiro atoms. The number of amides is 1. The molecule has 0 bridgehead atoms. The van der Waals surface area contributed by atoms with Gasteiger partial charge in [0, 0.05) is 17.3 Å². The van der Waals surface area contributed by atoms with E-state index in [0.717, 1.165) is 9.87 Å². The first kappa shape index (κ1) is 24.4. The molecule has 0 unspecified atom stereocenters. The van der Waals surface area contributed by atoms with Gasteiger partial charge in [-0.15, -0.1) is 0 Å². The van der Waals surface area contributed by atoms with Gasteiger partial charge in [0.1, 0.15) is 0 Å². The summed E-state index contributed by atoms with van der Waals surface area (Å²) in [5, 5.41) is 3.13. The van der Waals surface area contributed by atoms with Gasteiger partial charge in [-0.1, -0.05) is 41.4 Å². The minimum atomic E-state index is -3.97. The number of rotatable bonds is 8. The molecule has 1 N–H and O–H groups in total. The van der Waals surface area contributed by atoms with Crippen LogP contribution in [0.15, 0.2) is 77.7 Å². The van der Waals surface area contributed by atoms with E-state index in [-0.39, 0.29) is 11.4 Å². The van der Waals surface area contributed by atoms with Crippen LogP contribution in [0.3, 0.4) is 0 Å². The van der Waals surface area contributed by atoms with Gasteiger partial charge in [0.25, 0.3) is 0 Å². The number of anilines is 1. The number of carbonyl (C=O) groups excluding carboxylic acids is 2. The highest BCUT2D eigenvalue weighted by Crippen LogP contribution is 2.21. The molecule has 7 nitrogen and oxygen atoms in total. The highest BCUT2D eigenvalue weighted by molar-refractivity contribution is 7.89. The largest absolute Gasteiger partial charge is 0.465 e. The lowest BCUT2D eigenvalue weighted by atomic mass is 10.2. The molecule has 0 radical (unpaired) electrons. The summed E-state index contributed by atoms with van der Waals surface area (Å²) in [6.07, 6.45) is 0. The van der Waals surface area contributed by atoms with Crippen molar-refractivity contribution in [2.24, 2.45) is 0 Å². The molecule has 0 aliphatic carbocycles. The van der Waals surface area contributed by atoms with Crippen LogP contribution >= 0.6 is 11.6 Å². The summed E-state index contributed by atoms with van der Waals surface area (Å²) in [6, 6.07) is 19.3.